The van der Waals surface area contributed by atoms with Gasteiger partial charge in [0.2, 0.25) is 10.0 Å². The highest BCUT2D eigenvalue weighted by Gasteiger charge is 2.21. The van der Waals surface area contributed by atoms with Crippen molar-refractivity contribution in [2.45, 2.75) is 11.0 Å². The van der Waals surface area contributed by atoms with Crippen molar-refractivity contribution in [1.82, 2.24) is 4.72 Å². The van der Waals surface area contributed by atoms with Gasteiger partial charge in [-0.3, -0.25) is 0 Å². The zero-order valence-electron chi connectivity index (χ0n) is 12.6. The highest BCUT2D eigenvalue weighted by molar-refractivity contribution is 7.89. The SMILES string of the molecule is O=S(=O)(NCC(O)c1ccc(-c2cccs2)o1)c1cc(Cl)ccc1Cl. The molecule has 1 atom stereocenters. The van der Waals surface area contributed by atoms with Crippen LogP contribution in [0.3, 0.4) is 0 Å². The third kappa shape index (κ3) is 4.25. The Bertz CT molecular complexity index is 968. The molecule has 0 saturated heterocycles. The number of thiophene rings is 1. The van der Waals surface area contributed by atoms with Crippen LogP contribution in [0.5, 0.6) is 0 Å². The number of halogens is 2. The maximum atomic E-state index is 12.3. The highest BCUT2D eigenvalue weighted by atomic mass is 35.5. The summed E-state index contributed by atoms with van der Waals surface area (Å²) in [5.74, 6) is 0.882. The van der Waals surface area contributed by atoms with Crippen LogP contribution < -0.4 is 4.72 Å². The molecule has 1 aromatic carbocycles. The predicted octanol–water partition coefficient (Wildman–Crippen LogP) is 4.33. The largest absolute Gasteiger partial charge is 0.457 e. The second-order valence-electron chi connectivity index (χ2n) is 5.12. The van der Waals surface area contributed by atoms with Crippen molar-refractivity contribution in [1.29, 1.82) is 0 Å². The summed E-state index contributed by atoms with van der Waals surface area (Å²) in [6.45, 7) is -0.261. The minimum absolute atomic E-state index is 0.0457. The lowest BCUT2D eigenvalue weighted by atomic mass is 10.3. The molecular formula is C16H13Cl2NO4S2. The molecule has 2 heterocycles. The fraction of sp³-hybridized carbons (Fsp3) is 0.125. The van der Waals surface area contributed by atoms with Gasteiger partial charge in [0.25, 0.3) is 0 Å². The zero-order valence-corrected chi connectivity index (χ0v) is 15.8. The van der Waals surface area contributed by atoms with Gasteiger partial charge in [-0.1, -0.05) is 29.3 Å². The van der Waals surface area contributed by atoms with Gasteiger partial charge < -0.3 is 9.52 Å². The van der Waals surface area contributed by atoms with Gasteiger partial charge in [0.05, 0.1) is 9.90 Å². The van der Waals surface area contributed by atoms with E-state index in [0.29, 0.717) is 5.76 Å². The molecule has 0 saturated carbocycles. The van der Waals surface area contributed by atoms with Gasteiger partial charge in [-0.25, -0.2) is 13.1 Å². The second-order valence-corrected chi connectivity index (χ2v) is 8.65. The zero-order chi connectivity index (χ0) is 18.0. The van der Waals surface area contributed by atoms with Crippen molar-refractivity contribution in [3.05, 3.63) is 63.7 Å². The number of hydrogen-bond donors (Lipinski definition) is 2. The summed E-state index contributed by atoms with van der Waals surface area (Å²) in [5.41, 5.74) is 0. The van der Waals surface area contributed by atoms with Crippen molar-refractivity contribution in [3.63, 3.8) is 0 Å². The minimum atomic E-state index is -3.92. The Morgan fingerprint density at radius 1 is 1.20 bits per heavy atom. The fourth-order valence-electron chi connectivity index (χ4n) is 2.13. The maximum absolute atomic E-state index is 12.3. The molecule has 0 amide bonds. The first-order valence-corrected chi connectivity index (χ1v) is 10.2. The van der Waals surface area contributed by atoms with Crippen LogP contribution in [0.2, 0.25) is 10.0 Å². The number of furan rings is 1. The average molecular weight is 418 g/mol. The summed E-state index contributed by atoms with van der Waals surface area (Å²) >= 11 is 13.2. The lowest BCUT2D eigenvalue weighted by Crippen LogP contribution is -2.28. The third-order valence-corrected chi connectivity index (χ3v) is 6.39. The van der Waals surface area contributed by atoms with E-state index < -0.39 is 16.1 Å². The van der Waals surface area contributed by atoms with Crippen LogP contribution >= 0.6 is 34.5 Å². The molecule has 9 heteroatoms. The van der Waals surface area contributed by atoms with Gasteiger partial charge in [-0.05, 0) is 41.8 Å². The van der Waals surface area contributed by atoms with E-state index in [-0.39, 0.29) is 27.2 Å². The standard InChI is InChI=1S/C16H13Cl2NO4S2/c17-10-3-4-11(18)16(8-10)25(21,22)19-9-12(20)13-5-6-14(23-13)15-2-1-7-24-15/h1-8,12,19-20H,9H2. The Kier molecular flexibility index (Phi) is 5.52. The van der Waals surface area contributed by atoms with Crippen LogP contribution in [0, 0.1) is 0 Å². The van der Waals surface area contributed by atoms with Crippen LogP contribution in [-0.2, 0) is 10.0 Å². The van der Waals surface area contributed by atoms with E-state index >= 15 is 0 Å². The number of aliphatic hydroxyl groups is 1. The number of benzene rings is 1. The summed E-state index contributed by atoms with van der Waals surface area (Å²) in [6.07, 6.45) is -1.14. The van der Waals surface area contributed by atoms with Gasteiger partial charge in [-0.15, -0.1) is 11.3 Å². The first-order chi connectivity index (χ1) is 11.9. The van der Waals surface area contributed by atoms with Crippen LogP contribution in [0.1, 0.15) is 11.9 Å². The number of hydrogen-bond acceptors (Lipinski definition) is 5. The van der Waals surface area contributed by atoms with Gasteiger partial charge in [0, 0.05) is 11.6 Å². The number of aliphatic hydroxyl groups excluding tert-OH is 1. The van der Waals surface area contributed by atoms with Crippen LogP contribution in [0.4, 0.5) is 0 Å². The van der Waals surface area contributed by atoms with Gasteiger partial charge >= 0.3 is 0 Å². The maximum Gasteiger partial charge on any atom is 0.242 e. The first-order valence-electron chi connectivity index (χ1n) is 7.13. The summed E-state index contributed by atoms with van der Waals surface area (Å²) in [7, 11) is -3.92. The molecule has 0 aliphatic carbocycles. The number of sulfonamides is 1. The molecule has 0 radical (unpaired) electrons. The Labute approximate surface area is 158 Å². The molecule has 25 heavy (non-hydrogen) atoms. The summed E-state index contributed by atoms with van der Waals surface area (Å²) in [6, 6.07) is 11.3. The second kappa shape index (κ2) is 7.49. The molecule has 2 N–H and O–H groups in total. The molecule has 0 spiro atoms. The average Bonchev–Trinajstić information content (AvgIpc) is 3.25. The van der Waals surface area contributed by atoms with Gasteiger partial charge in [0.15, 0.2) is 0 Å². The van der Waals surface area contributed by atoms with Gasteiger partial charge in [-0.2, -0.15) is 0 Å². The van der Waals surface area contributed by atoms with Crippen LogP contribution in [0.15, 0.2) is 57.2 Å². The Morgan fingerprint density at radius 3 is 2.72 bits per heavy atom. The molecule has 5 nitrogen and oxygen atoms in total. The Morgan fingerprint density at radius 2 is 2.00 bits per heavy atom. The molecule has 1 unspecified atom stereocenters. The molecule has 2 aromatic heterocycles. The first kappa shape index (κ1) is 18.4. The Hall–Kier alpha value is -1.35. The van der Waals surface area contributed by atoms with Gasteiger partial charge in [0.1, 0.15) is 22.5 Å². The van der Waals surface area contributed by atoms with Crippen LogP contribution in [0.25, 0.3) is 10.6 Å². The van der Waals surface area contributed by atoms with E-state index in [9.17, 15) is 13.5 Å². The molecule has 0 bridgehead atoms. The van der Waals surface area contributed by atoms with E-state index in [0.717, 1.165) is 4.88 Å². The van der Waals surface area contributed by atoms with Crippen molar-refractivity contribution in [2.24, 2.45) is 0 Å². The molecule has 0 aliphatic heterocycles. The van der Waals surface area contributed by atoms with Crippen molar-refractivity contribution in [2.75, 3.05) is 6.54 Å². The van der Waals surface area contributed by atoms with Crippen molar-refractivity contribution < 1.29 is 17.9 Å². The minimum Gasteiger partial charge on any atom is -0.457 e. The highest BCUT2D eigenvalue weighted by Crippen LogP contribution is 2.29. The number of rotatable bonds is 6. The van der Waals surface area contributed by atoms with Crippen LogP contribution in [-0.4, -0.2) is 20.1 Å². The third-order valence-electron chi connectivity index (χ3n) is 3.37. The molecule has 0 aliphatic rings. The molecule has 3 aromatic rings. The lowest BCUT2D eigenvalue weighted by molar-refractivity contribution is 0.155. The summed E-state index contributed by atoms with van der Waals surface area (Å²) in [4.78, 5) is 0.775. The normalized spacial score (nSPS) is 13.1. The van der Waals surface area contributed by atoms with E-state index in [1.807, 2.05) is 17.5 Å². The molecule has 0 fully saturated rings. The molecular weight excluding hydrogens is 405 g/mol. The van der Waals surface area contributed by atoms with E-state index in [2.05, 4.69) is 4.72 Å². The smallest absolute Gasteiger partial charge is 0.242 e. The van der Waals surface area contributed by atoms with E-state index in [1.54, 1.807) is 12.1 Å². The quantitative estimate of drug-likeness (QED) is 0.625. The number of nitrogens with one attached hydrogen (secondary N) is 1. The topological polar surface area (TPSA) is 79.5 Å². The monoisotopic (exact) mass is 417 g/mol. The lowest BCUT2D eigenvalue weighted by Gasteiger charge is -2.11. The van der Waals surface area contributed by atoms with Crippen molar-refractivity contribution >= 4 is 44.6 Å². The summed E-state index contributed by atoms with van der Waals surface area (Å²) < 4.78 is 32.6. The van der Waals surface area contributed by atoms with Crippen molar-refractivity contribution in [3.8, 4) is 10.6 Å². The Balaban J connectivity index is 1.71. The predicted molar refractivity (Wildman–Crippen MR) is 98.6 cm³/mol. The van der Waals surface area contributed by atoms with E-state index in [4.69, 9.17) is 27.6 Å². The van der Waals surface area contributed by atoms with E-state index in [1.165, 1.54) is 29.5 Å². The molecule has 132 valence electrons. The fourth-order valence-corrected chi connectivity index (χ4v) is 4.62. The summed E-state index contributed by atoms with van der Waals surface area (Å²) in [5, 5.41) is 12.4. The molecule has 3 rings (SSSR count).